The van der Waals surface area contributed by atoms with E-state index in [0.29, 0.717) is 6.10 Å². The molecule has 1 unspecified atom stereocenters. The van der Waals surface area contributed by atoms with Crippen LogP contribution in [0.15, 0.2) is 18.2 Å². The molecule has 0 bridgehead atoms. The van der Waals surface area contributed by atoms with E-state index in [1.165, 1.54) is 11.1 Å². The maximum atomic E-state index is 9.85. The van der Waals surface area contributed by atoms with Gasteiger partial charge in [0.2, 0.25) is 0 Å². The van der Waals surface area contributed by atoms with Gasteiger partial charge in [0.1, 0.15) is 11.9 Å². The Morgan fingerprint density at radius 3 is 3.00 bits per heavy atom. The predicted molar refractivity (Wildman–Crippen MR) is 58.1 cm³/mol. The van der Waals surface area contributed by atoms with Crippen molar-refractivity contribution < 1.29 is 9.84 Å². The Morgan fingerprint density at radius 1 is 1.47 bits per heavy atom. The molecule has 0 amide bonds. The van der Waals surface area contributed by atoms with Crippen LogP contribution in [0.5, 0.6) is 5.75 Å². The number of hydrogen-bond donors (Lipinski definition) is 1. The van der Waals surface area contributed by atoms with Crippen molar-refractivity contribution in [2.75, 3.05) is 0 Å². The van der Waals surface area contributed by atoms with Gasteiger partial charge in [-0.2, -0.15) is 0 Å². The van der Waals surface area contributed by atoms with E-state index >= 15 is 0 Å². The molecule has 0 saturated heterocycles. The summed E-state index contributed by atoms with van der Waals surface area (Å²) in [5.41, 5.74) is 2.15. The van der Waals surface area contributed by atoms with E-state index in [1.54, 1.807) is 0 Å². The second-order valence-electron chi connectivity index (χ2n) is 4.98. The molecule has 1 aromatic carbocycles. The minimum Gasteiger partial charge on any atom is -0.490 e. The average Bonchev–Trinajstić information content (AvgIpc) is 2.76. The lowest BCUT2D eigenvalue weighted by Gasteiger charge is -2.08. The lowest BCUT2D eigenvalue weighted by atomic mass is 10.0. The molecule has 3 rings (SSSR count). The average molecular weight is 204 g/mol. The van der Waals surface area contributed by atoms with Crippen LogP contribution < -0.4 is 4.74 Å². The Bertz CT molecular complexity index is 394. The molecule has 0 radical (unpaired) electrons. The van der Waals surface area contributed by atoms with Crippen molar-refractivity contribution in [2.24, 2.45) is 0 Å². The predicted octanol–water partition coefficient (Wildman–Crippen LogP) is 2.08. The zero-order chi connectivity index (χ0) is 10.5. The Hall–Kier alpha value is -1.02. The van der Waals surface area contributed by atoms with Gasteiger partial charge in [0.15, 0.2) is 0 Å². The fourth-order valence-corrected chi connectivity index (χ4v) is 2.29. The van der Waals surface area contributed by atoms with E-state index in [0.717, 1.165) is 31.4 Å². The third-order valence-corrected chi connectivity index (χ3v) is 3.32. The summed E-state index contributed by atoms with van der Waals surface area (Å²) in [6.07, 6.45) is 4.02. The molecule has 0 aromatic heterocycles. The lowest BCUT2D eigenvalue weighted by molar-refractivity contribution is 0.151. The first kappa shape index (κ1) is 9.22. The summed E-state index contributed by atoms with van der Waals surface area (Å²) < 4.78 is 5.65. The smallest absolute Gasteiger partial charge is 0.123 e. The molecule has 0 spiro atoms. The van der Waals surface area contributed by atoms with Crippen LogP contribution in [-0.4, -0.2) is 16.8 Å². The highest BCUT2D eigenvalue weighted by atomic mass is 16.5. The molecular weight excluding hydrogens is 188 g/mol. The summed E-state index contributed by atoms with van der Waals surface area (Å²) in [4.78, 5) is 0. The number of fused-ring (bicyclic) bond motifs is 1. The van der Waals surface area contributed by atoms with Crippen LogP contribution in [0.1, 0.15) is 30.9 Å². The molecule has 1 atom stereocenters. The third-order valence-electron chi connectivity index (χ3n) is 3.32. The summed E-state index contributed by atoms with van der Waals surface area (Å²) in [6.45, 7) is 2.09. The summed E-state index contributed by atoms with van der Waals surface area (Å²) in [6, 6.07) is 6.31. The molecule has 1 saturated carbocycles. The second-order valence-corrected chi connectivity index (χ2v) is 4.98. The fourth-order valence-electron chi connectivity index (χ4n) is 2.29. The van der Waals surface area contributed by atoms with Crippen LogP contribution in [0.3, 0.4) is 0 Å². The third kappa shape index (κ3) is 1.74. The zero-order valence-electron chi connectivity index (χ0n) is 8.99. The number of benzene rings is 1. The van der Waals surface area contributed by atoms with E-state index in [-0.39, 0.29) is 5.60 Å². The van der Waals surface area contributed by atoms with E-state index in [4.69, 9.17) is 4.74 Å². The van der Waals surface area contributed by atoms with Crippen LogP contribution in [0.2, 0.25) is 0 Å². The van der Waals surface area contributed by atoms with Crippen LogP contribution >= 0.6 is 0 Å². The topological polar surface area (TPSA) is 29.5 Å². The van der Waals surface area contributed by atoms with Gasteiger partial charge in [-0.3, -0.25) is 0 Å². The quantitative estimate of drug-likeness (QED) is 0.799. The van der Waals surface area contributed by atoms with Gasteiger partial charge < -0.3 is 9.84 Å². The van der Waals surface area contributed by atoms with Gasteiger partial charge in [-0.05, 0) is 37.0 Å². The maximum absolute atomic E-state index is 9.85. The SMILES string of the molecule is CC1Cc2cc(CC3(O)CC3)ccc2O1. The normalized spacial score (nSPS) is 25.9. The summed E-state index contributed by atoms with van der Waals surface area (Å²) in [5.74, 6) is 1.02. The molecule has 1 heterocycles. The molecule has 2 aliphatic rings. The van der Waals surface area contributed by atoms with Crippen LogP contribution in [-0.2, 0) is 12.8 Å². The molecule has 1 aromatic rings. The van der Waals surface area contributed by atoms with Crippen molar-refractivity contribution in [3.63, 3.8) is 0 Å². The standard InChI is InChI=1S/C13H16O2/c1-9-6-11-7-10(2-3-12(11)15-9)8-13(14)4-5-13/h2-3,7,9,14H,4-6,8H2,1H3. The van der Waals surface area contributed by atoms with E-state index < -0.39 is 0 Å². The molecule has 1 N–H and O–H groups in total. The molecule has 2 heteroatoms. The highest BCUT2D eigenvalue weighted by molar-refractivity contribution is 5.41. The van der Waals surface area contributed by atoms with E-state index in [1.807, 2.05) is 6.07 Å². The van der Waals surface area contributed by atoms with E-state index in [2.05, 4.69) is 19.1 Å². The molecule has 80 valence electrons. The fraction of sp³-hybridized carbons (Fsp3) is 0.538. The summed E-state index contributed by atoms with van der Waals surface area (Å²) >= 11 is 0. The molecule has 15 heavy (non-hydrogen) atoms. The summed E-state index contributed by atoms with van der Waals surface area (Å²) in [7, 11) is 0. The number of aliphatic hydroxyl groups is 1. The molecule has 1 fully saturated rings. The van der Waals surface area contributed by atoms with Gasteiger partial charge >= 0.3 is 0 Å². The summed E-state index contributed by atoms with van der Waals surface area (Å²) in [5, 5.41) is 9.85. The number of rotatable bonds is 2. The number of ether oxygens (including phenoxy) is 1. The highest BCUT2D eigenvalue weighted by Gasteiger charge is 2.40. The molecular formula is C13H16O2. The van der Waals surface area contributed by atoms with Gasteiger partial charge in [0, 0.05) is 12.8 Å². The second kappa shape index (κ2) is 2.99. The first-order chi connectivity index (χ1) is 7.15. The molecule has 1 aliphatic heterocycles. The largest absolute Gasteiger partial charge is 0.490 e. The minimum absolute atomic E-state index is 0.305. The first-order valence-electron chi connectivity index (χ1n) is 5.65. The molecule has 1 aliphatic carbocycles. The van der Waals surface area contributed by atoms with Gasteiger partial charge in [-0.15, -0.1) is 0 Å². The Kier molecular flexibility index (Phi) is 1.84. The first-order valence-corrected chi connectivity index (χ1v) is 5.65. The highest BCUT2D eigenvalue weighted by Crippen LogP contribution is 2.39. The van der Waals surface area contributed by atoms with Gasteiger partial charge in [0.05, 0.1) is 5.60 Å². The maximum Gasteiger partial charge on any atom is 0.123 e. The van der Waals surface area contributed by atoms with E-state index in [9.17, 15) is 5.11 Å². The van der Waals surface area contributed by atoms with Crippen molar-refractivity contribution in [1.29, 1.82) is 0 Å². The zero-order valence-corrected chi connectivity index (χ0v) is 8.99. The molecule has 2 nitrogen and oxygen atoms in total. The van der Waals surface area contributed by atoms with Crippen molar-refractivity contribution >= 4 is 0 Å². The van der Waals surface area contributed by atoms with Gasteiger partial charge in [-0.1, -0.05) is 12.1 Å². The Labute approximate surface area is 89.9 Å². The van der Waals surface area contributed by atoms with Crippen LogP contribution in [0.25, 0.3) is 0 Å². The van der Waals surface area contributed by atoms with Crippen LogP contribution in [0, 0.1) is 0 Å². The van der Waals surface area contributed by atoms with Crippen molar-refractivity contribution in [1.82, 2.24) is 0 Å². The Balaban J connectivity index is 1.83. The minimum atomic E-state index is -0.390. The Morgan fingerprint density at radius 2 is 2.27 bits per heavy atom. The van der Waals surface area contributed by atoms with Gasteiger partial charge in [0.25, 0.3) is 0 Å². The lowest BCUT2D eigenvalue weighted by Crippen LogP contribution is -2.10. The van der Waals surface area contributed by atoms with Crippen molar-refractivity contribution in [3.05, 3.63) is 29.3 Å². The monoisotopic (exact) mass is 204 g/mol. The van der Waals surface area contributed by atoms with Crippen molar-refractivity contribution in [3.8, 4) is 5.75 Å². The van der Waals surface area contributed by atoms with Crippen LogP contribution in [0.4, 0.5) is 0 Å². The van der Waals surface area contributed by atoms with Gasteiger partial charge in [-0.25, -0.2) is 0 Å². The van der Waals surface area contributed by atoms with Crippen molar-refractivity contribution in [2.45, 2.75) is 44.3 Å². The number of hydrogen-bond acceptors (Lipinski definition) is 2.